The van der Waals surface area contributed by atoms with Gasteiger partial charge in [0.2, 0.25) is 23.6 Å². The van der Waals surface area contributed by atoms with Crippen molar-refractivity contribution in [2.24, 2.45) is 11.8 Å². The number of rotatable bonds is 9. The van der Waals surface area contributed by atoms with Crippen LogP contribution in [0.2, 0.25) is 0 Å². The Kier molecular flexibility index (Phi) is 7.07. The Morgan fingerprint density at radius 1 is 1.24 bits per heavy atom. The number of carbonyl (C=O) groups is 6. The Balaban J connectivity index is 1.59. The lowest BCUT2D eigenvalue weighted by Crippen LogP contribution is -2.59. The van der Waals surface area contributed by atoms with E-state index < -0.39 is 53.3 Å². The van der Waals surface area contributed by atoms with Crippen LogP contribution in [-0.2, 0) is 41.6 Å². The molecule has 0 radical (unpaired) electrons. The molecular formula is C26H32N4O7. The van der Waals surface area contributed by atoms with Crippen molar-refractivity contribution >= 4 is 41.6 Å². The third-order valence-electron chi connectivity index (χ3n) is 7.75. The number of amides is 4. The van der Waals surface area contributed by atoms with Crippen LogP contribution in [0.25, 0.3) is 0 Å². The Bertz CT molecular complexity index is 1170. The third kappa shape index (κ3) is 4.82. The average molecular weight is 513 g/mol. The van der Waals surface area contributed by atoms with Gasteiger partial charge in [-0.25, -0.2) is 0 Å². The van der Waals surface area contributed by atoms with Gasteiger partial charge >= 0.3 is 5.97 Å². The predicted molar refractivity (Wildman–Crippen MR) is 131 cm³/mol. The number of aryl methyl sites for hydroxylation is 1. The average Bonchev–Trinajstić information content (AvgIpc) is 3.48. The van der Waals surface area contributed by atoms with Gasteiger partial charge in [0, 0.05) is 13.3 Å². The van der Waals surface area contributed by atoms with Gasteiger partial charge in [0.25, 0.3) is 0 Å². The molecule has 0 spiro atoms. The topological polar surface area (TPSA) is 162 Å². The SMILES string of the molecule is CC[C@H](C)[C@H](NC(C)=O)C(=O)NC1CCc2cccc3c2N(C1=O)[C@H](C(=O)NC1(C=O)CC1C(=O)O)C3. The fourth-order valence-corrected chi connectivity index (χ4v) is 5.35. The van der Waals surface area contributed by atoms with Gasteiger partial charge in [0.1, 0.15) is 30.0 Å². The third-order valence-corrected chi connectivity index (χ3v) is 7.75. The summed E-state index contributed by atoms with van der Waals surface area (Å²) in [5.74, 6) is -4.26. The molecule has 1 saturated carbocycles. The number of hydrogen-bond acceptors (Lipinski definition) is 6. The quantitative estimate of drug-likeness (QED) is 0.341. The molecule has 37 heavy (non-hydrogen) atoms. The van der Waals surface area contributed by atoms with Crippen LogP contribution in [0.5, 0.6) is 0 Å². The second kappa shape index (κ2) is 9.95. The van der Waals surface area contributed by atoms with E-state index in [4.69, 9.17) is 0 Å². The summed E-state index contributed by atoms with van der Waals surface area (Å²) in [6.45, 7) is 5.06. The fourth-order valence-electron chi connectivity index (χ4n) is 5.35. The van der Waals surface area contributed by atoms with Crippen LogP contribution >= 0.6 is 0 Å². The molecule has 4 N–H and O–H groups in total. The molecule has 1 aromatic rings. The van der Waals surface area contributed by atoms with E-state index in [1.165, 1.54) is 11.8 Å². The highest BCUT2D eigenvalue weighted by molar-refractivity contribution is 6.09. The van der Waals surface area contributed by atoms with Crippen LogP contribution in [-0.4, -0.2) is 64.7 Å². The van der Waals surface area contributed by atoms with Crippen LogP contribution in [0.4, 0.5) is 5.69 Å². The van der Waals surface area contributed by atoms with E-state index in [0.29, 0.717) is 31.2 Å². The van der Waals surface area contributed by atoms with Gasteiger partial charge in [-0.3, -0.25) is 28.9 Å². The number of nitrogens with zero attached hydrogens (tertiary/aromatic N) is 1. The first-order valence-electron chi connectivity index (χ1n) is 12.6. The zero-order valence-corrected chi connectivity index (χ0v) is 21.1. The largest absolute Gasteiger partial charge is 0.481 e. The van der Waals surface area contributed by atoms with Crippen molar-refractivity contribution in [3.63, 3.8) is 0 Å². The van der Waals surface area contributed by atoms with Gasteiger partial charge in [-0.2, -0.15) is 0 Å². The number of para-hydroxylation sites is 1. The summed E-state index contributed by atoms with van der Waals surface area (Å²) in [4.78, 5) is 76.5. The summed E-state index contributed by atoms with van der Waals surface area (Å²) in [6.07, 6.45) is 2.07. The van der Waals surface area contributed by atoms with Crippen LogP contribution in [0.3, 0.4) is 0 Å². The number of hydrogen-bond donors (Lipinski definition) is 4. The lowest BCUT2D eigenvalue weighted by atomic mass is 9.97. The van der Waals surface area contributed by atoms with Crippen molar-refractivity contribution in [3.8, 4) is 0 Å². The Morgan fingerprint density at radius 2 is 1.95 bits per heavy atom. The van der Waals surface area contributed by atoms with Gasteiger partial charge in [-0.15, -0.1) is 0 Å². The second-order valence-corrected chi connectivity index (χ2v) is 10.3. The molecule has 0 bridgehead atoms. The standard InChI is InChI=1S/C26H32N4O7/c1-4-13(2)20(27-14(3)32)23(34)28-18-9-8-15-6-5-7-16-10-19(30(21(15)16)24(18)35)22(33)29-26(12-31)11-17(26)25(36)37/h5-7,12-13,17-20H,4,8-11H2,1-3H3,(H,27,32)(H,28,34)(H,29,33)(H,36,37)/t13-,17?,18?,19-,20-,26?/m0/s1. The van der Waals surface area contributed by atoms with Gasteiger partial charge in [-0.1, -0.05) is 38.5 Å². The second-order valence-electron chi connectivity index (χ2n) is 10.3. The smallest absolute Gasteiger partial charge is 0.309 e. The van der Waals surface area contributed by atoms with Crippen LogP contribution in [0, 0.1) is 11.8 Å². The molecule has 3 aliphatic rings. The van der Waals surface area contributed by atoms with Crippen molar-refractivity contribution in [2.75, 3.05) is 4.90 Å². The van der Waals surface area contributed by atoms with Crippen molar-refractivity contribution in [1.82, 2.24) is 16.0 Å². The molecular weight excluding hydrogens is 480 g/mol. The summed E-state index contributed by atoms with van der Waals surface area (Å²) in [7, 11) is 0. The minimum absolute atomic E-state index is 0.00469. The molecule has 11 heteroatoms. The molecule has 2 aliphatic heterocycles. The number of benzene rings is 1. The molecule has 2 heterocycles. The summed E-state index contributed by atoms with van der Waals surface area (Å²) < 4.78 is 0. The summed E-state index contributed by atoms with van der Waals surface area (Å²) in [5, 5.41) is 17.3. The number of carboxylic acids is 1. The predicted octanol–water partition coefficient (Wildman–Crippen LogP) is 0.0845. The molecule has 1 aliphatic carbocycles. The van der Waals surface area contributed by atoms with Crippen molar-refractivity contribution in [3.05, 3.63) is 29.3 Å². The maximum Gasteiger partial charge on any atom is 0.309 e. The number of nitrogens with one attached hydrogen (secondary N) is 3. The van der Waals surface area contributed by atoms with Crippen molar-refractivity contribution in [2.45, 2.75) is 76.5 Å². The highest BCUT2D eigenvalue weighted by Gasteiger charge is 2.61. The number of aliphatic carboxylic acids is 1. The Morgan fingerprint density at radius 3 is 2.54 bits per heavy atom. The van der Waals surface area contributed by atoms with Gasteiger partial charge in [0.15, 0.2) is 0 Å². The first-order chi connectivity index (χ1) is 17.5. The van der Waals surface area contributed by atoms with E-state index in [2.05, 4.69) is 16.0 Å². The van der Waals surface area contributed by atoms with E-state index in [1.807, 2.05) is 32.0 Å². The van der Waals surface area contributed by atoms with E-state index >= 15 is 0 Å². The molecule has 4 amide bonds. The van der Waals surface area contributed by atoms with E-state index in [-0.39, 0.29) is 24.7 Å². The summed E-state index contributed by atoms with van der Waals surface area (Å²) in [6, 6.07) is 2.80. The summed E-state index contributed by atoms with van der Waals surface area (Å²) >= 11 is 0. The van der Waals surface area contributed by atoms with Crippen LogP contribution in [0.1, 0.15) is 51.2 Å². The Hall–Kier alpha value is -3.76. The summed E-state index contributed by atoms with van der Waals surface area (Å²) in [5.41, 5.74) is 0.790. The zero-order chi connectivity index (χ0) is 27.1. The maximum absolute atomic E-state index is 13.8. The lowest BCUT2D eigenvalue weighted by molar-refractivity contribution is -0.140. The first kappa shape index (κ1) is 26.3. The van der Waals surface area contributed by atoms with Crippen molar-refractivity contribution in [1.29, 1.82) is 0 Å². The number of anilines is 1. The molecule has 0 aromatic heterocycles. The number of carbonyl (C=O) groups excluding carboxylic acids is 5. The fraction of sp³-hybridized carbons (Fsp3) is 0.538. The monoisotopic (exact) mass is 512 g/mol. The normalized spacial score (nSPS) is 27.3. The molecule has 3 unspecified atom stereocenters. The number of aldehydes is 1. The zero-order valence-electron chi connectivity index (χ0n) is 21.1. The molecule has 198 valence electrons. The van der Waals surface area contributed by atoms with Crippen LogP contribution < -0.4 is 20.9 Å². The maximum atomic E-state index is 13.8. The lowest BCUT2D eigenvalue weighted by Gasteiger charge is -2.30. The minimum Gasteiger partial charge on any atom is -0.481 e. The number of carboxylic acid groups (broad SMARTS) is 1. The first-order valence-corrected chi connectivity index (χ1v) is 12.6. The van der Waals surface area contributed by atoms with E-state index in [9.17, 15) is 33.9 Å². The molecule has 0 saturated heterocycles. The highest BCUT2D eigenvalue weighted by Crippen LogP contribution is 2.43. The van der Waals surface area contributed by atoms with Crippen LogP contribution in [0.15, 0.2) is 18.2 Å². The Labute approximate surface area is 214 Å². The molecule has 6 atom stereocenters. The molecule has 1 aromatic carbocycles. The van der Waals surface area contributed by atoms with Crippen molar-refractivity contribution < 1.29 is 33.9 Å². The van der Waals surface area contributed by atoms with E-state index in [0.717, 1.165) is 11.1 Å². The minimum atomic E-state index is -1.48. The highest BCUT2D eigenvalue weighted by atomic mass is 16.4. The molecule has 4 rings (SSSR count). The molecule has 1 fully saturated rings. The van der Waals surface area contributed by atoms with E-state index in [1.54, 1.807) is 0 Å². The van der Waals surface area contributed by atoms with Gasteiger partial charge in [0.05, 0.1) is 11.6 Å². The van der Waals surface area contributed by atoms with Gasteiger partial charge in [-0.05, 0) is 36.3 Å². The molecule has 11 nitrogen and oxygen atoms in total. The van der Waals surface area contributed by atoms with Gasteiger partial charge < -0.3 is 25.9 Å².